The van der Waals surface area contributed by atoms with Crippen LogP contribution in [0.1, 0.15) is 75.0 Å². The lowest BCUT2D eigenvalue weighted by atomic mass is 9.86. The van der Waals surface area contributed by atoms with E-state index in [1.165, 1.54) is 29.7 Å². The van der Waals surface area contributed by atoms with Crippen LogP contribution in [0.15, 0.2) is 42.5 Å². The van der Waals surface area contributed by atoms with E-state index in [1.807, 2.05) is 0 Å². The van der Waals surface area contributed by atoms with Crippen molar-refractivity contribution in [3.63, 3.8) is 0 Å². The van der Waals surface area contributed by atoms with Crippen LogP contribution in [0.4, 0.5) is 8.78 Å². The van der Waals surface area contributed by atoms with Crippen molar-refractivity contribution < 1.29 is 18.7 Å². The molecule has 6 heteroatoms. The molecule has 0 aliphatic heterocycles. The van der Waals surface area contributed by atoms with Crippen molar-refractivity contribution in [3.05, 3.63) is 70.8 Å². The zero-order valence-corrected chi connectivity index (χ0v) is 20.7. The fourth-order valence-corrected chi connectivity index (χ4v) is 5.41. The van der Waals surface area contributed by atoms with Crippen molar-refractivity contribution in [1.29, 1.82) is 0 Å². The van der Waals surface area contributed by atoms with Crippen LogP contribution in [0, 0.1) is 17.6 Å². The molecule has 2 aliphatic carbocycles. The van der Waals surface area contributed by atoms with Gasteiger partial charge in [0, 0.05) is 24.6 Å². The van der Waals surface area contributed by atoms with Crippen LogP contribution in [-0.2, 0) is 23.2 Å². The predicted molar refractivity (Wildman–Crippen MR) is 134 cm³/mol. The number of nitrogens with one attached hydrogen (secondary N) is 2. The van der Waals surface area contributed by atoms with Gasteiger partial charge in [-0.25, -0.2) is 8.78 Å². The summed E-state index contributed by atoms with van der Waals surface area (Å²) in [4.78, 5) is 12.9. The Bertz CT molecular complexity index is 982. The van der Waals surface area contributed by atoms with E-state index < -0.39 is 23.8 Å². The van der Waals surface area contributed by atoms with E-state index in [-0.39, 0.29) is 24.4 Å². The lowest BCUT2D eigenvalue weighted by Gasteiger charge is -2.28. The molecule has 3 N–H and O–H groups in total. The maximum absolute atomic E-state index is 13.8. The number of halogens is 2. The molecule has 35 heavy (non-hydrogen) atoms. The second-order valence-electron chi connectivity index (χ2n) is 10.4. The normalized spacial score (nSPS) is 19.2. The number of aliphatic hydroxyl groups excluding tert-OH is 1. The van der Waals surface area contributed by atoms with E-state index in [9.17, 15) is 18.7 Å². The van der Waals surface area contributed by atoms with E-state index >= 15 is 0 Å². The van der Waals surface area contributed by atoms with Crippen LogP contribution < -0.4 is 10.6 Å². The first-order valence-corrected chi connectivity index (χ1v) is 13.1. The summed E-state index contributed by atoms with van der Waals surface area (Å²) in [5.41, 5.74) is 2.75. The molecule has 2 aliphatic rings. The summed E-state index contributed by atoms with van der Waals surface area (Å²) in [6.07, 6.45) is 8.26. The third-order valence-electron chi connectivity index (χ3n) is 7.68. The number of carbonyl (C=O) groups excluding carboxylic acids is 1. The van der Waals surface area contributed by atoms with Crippen molar-refractivity contribution in [3.8, 4) is 0 Å². The Balaban J connectivity index is 1.43. The van der Waals surface area contributed by atoms with E-state index in [2.05, 4.69) is 41.8 Å². The summed E-state index contributed by atoms with van der Waals surface area (Å²) in [5.74, 6) is -1.05. The Morgan fingerprint density at radius 2 is 1.77 bits per heavy atom. The van der Waals surface area contributed by atoms with E-state index in [1.54, 1.807) is 0 Å². The number of hydrogen-bond acceptors (Lipinski definition) is 3. The molecule has 0 aromatic heterocycles. The fraction of sp³-hybridized carbons (Fsp3) is 0.552. The van der Waals surface area contributed by atoms with Crippen molar-refractivity contribution in [2.75, 3.05) is 6.54 Å². The van der Waals surface area contributed by atoms with Crippen molar-refractivity contribution in [2.24, 2.45) is 5.92 Å². The van der Waals surface area contributed by atoms with Gasteiger partial charge in [-0.3, -0.25) is 4.79 Å². The molecule has 0 unspecified atom stereocenters. The second kappa shape index (κ2) is 11.6. The van der Waals surface area contributed by atoms with Gasteiger partial charge >= 0.3 is 0 Å². The van der Waals surface area contributed by atoms with Gasteiger partial charge in [0.1, 0.15) is 11.6 Å². The molecule has 2 aromatic carbocycles. The average Bonchev–Trinajstić information content (AvgIpc) is 3.63. The first kappa shape index (κ1) is 25.8. The molecule has 4 rings (SSSR count). The Morgan fingerprint density at radius 3 is 2.43 bits per heavy atom. The Kier molecular flexibility index (Phi) is 8.55. The number of amides is 1. The van der Waals surface area contributed by atoms with E-state index in [4.69, 9.17) is 0 Å². The molecule has 190 valence electrons. The van der Waals surface area contributed by atoms with E-state index in [0.29, 0.717) is 17.9 Å². The lowest BCUT2D eigenvalue weighted by Crippen LogP contribution is -2.50. The molecule has 4 nitrogen and oxygen atoms in total. The Labute approximate surface area is 207 Å². The lowest BCUT2D eigenvalue weighted by molar-refractivity contribution is -0.123. The summed E-state index contributed by atoms with van der Waals surface area (Å²) in [7, 11) is 0. The monoisotopic (exact) mass is 484 g/mol. The van der Waals surface area contributed by atoms with Crippen molar-refractivity contribution >= 4 is 5.91 Å². The number of aryl methyl sites for hydroxylation is 1. The van der Waals surface area contributed by atoms with Crippen LogP contribution in [0.5, 0.6) is 0 Å². The first-order chi connectivity index (χ1) is 16.9. The van der Waals surface area contributed by atoms with E-state index in [0.717, 1.165) is 51.0 Å². The number of benzene rings is 2. The standard InChI is InChI=1S/C29H38F2N2O2/c1-2-20-9-6-10-23(13-20)29(11-12-29)32-19-27(34)26(16-22-14-24(30)18-25(31)15-22)33-28(35)17-21-7-4-3-5-8-21/h6,9-10,13-15,18,21,26-27,32,34H,2-5,7-8,11-12,16-17,19H2,1H3,(H,33,35)/t26-,27+/m0/s1. The SMILES string of the molecule is CCc1cccc(C2(NC[C@@H](O)[C@H](Cc3cc(F)cc(F)c3)NC(=O)CC3CCCCC3)CC2)c1. The first-order valence-electron chi connectivity index (χ1n) is 13.1. The molecular formula is C29H38F2N2O2. The summed E-state index contributed by atoms with van der Waals surface area (Å²) >= 11 is 0. The highest BCUT2D eigenvalue weighted by atomic mass is 19.1. The fourth-order valence-electron chi connectivity index (χ4n) is 5.41. The van der Waals surface area contributed by atoms with Crippen LogP contribution in [0.3, 0.4) is 0 Å². The average molecular weight is 485 g/mol. The van der Waals surface area contributed by atoms with Crippen LogP contribution in [-0.4, -0.2) is 29.7 Å². The number of rotatable bonds is 11. The summed E-state index contributed by atoms with van der Waals surface area (Å²) < 4.78 is 27.6. The largest absolute Gasteiger partial charge is 0.390 e. The van der Waals surface area contributed by atoms with Crippen LogP contribution in [0.25, 0.3) is 0 Å². The zero-order chi connectivity index (χ0) is 24.8. The molecule has 0 bridgehead atoms. The van der Waals surface area contributed by atoms with Gasteiger partial charge in [0.15, 0.2) is 0 Å². The van der Waals surface area contributed by atoms with Crippen LogP contribution in [0.2, 0.25) is 0 Å². The topological polar surface area (TPSA) is 61.4 Å². The van der Waals surface area contributed by atoms with Gasteiger partial charge in [0.05, 0.1) is 12.1 Å². The minimum atomic E-state index is -0.900. The van der Waals surface area contributed by atoms with Gasteiger partial charge in [0.2, 0.25) is 5.91 Å². The molecular weight excluding hydrogens is 446 g/mol. The smallest absolute Gasteiger partial charge is 0.220 e. The number of aliphatic hydroxyl groups is 1. The number of carbonyl (C=O) groups is 1. The maximum atomic E-state index is 13.8. The minimum absolute atomic E-state index is 0.102. The molecule has 2 saturated carbocycles. The highest BCUT2D eigenvalue weighted by Gasteiger charge is 2.44. The Morgan fingerprint density at radius 1 is 1.06 bits per heavy atom. The highest BCUT2D eigenvalue weighted by Crippen LogP contribution is 2.45. The predicted octanol–water partition coefficient (Wildman–Crippen LogP) is 5.16. The second-order valence-corrected chi connectivity index (χ2v) is 10.4. The minimum Gasteiger partial charge on any atom is -0.390 e. The quantitative estimate of drug-likeness (QED) is 0.413. The molecule has 2 fully saturated rings. The highest BCUT2D eigenvalue weighted by molar-refractivity contribution is 5.76. The third kappa shape index (κ3) is 7.11. The van der Waals surface area contributed by atoms with Crippen LogP contribution >= 0.6 is 0 Å². The van der Waals surface area contributed by atoms with Gasteiger partial charge < -0.3 is 15.7 Å². The molecule has 0 heterocycles. The summed E-state index contributed by atoms with van der Waals surface area (Å²) in [5, 5.41) is 17.7. The molecule has 2 atom stereocenters. The molecule has 0 saturated heterocycles. The zero-order valence-electron chi connectivity index (χ0n) is 20.7. The van der Waals surface area contributed by atoms with Gasteiger partial charge in [-0.1, -0.05) is 50.5 Å². The van der Waals surface area contributed by atoms with Gasteiger partial charge in [-0.05, 0) is 73.3 Å². The Hall–Kier alpha value is -2.31. The van der Waals surface area contributed by atoms with Crippen molar-refractivity contribution in [1.82, 2.24) is 10.6 Å². The number of hydrogen-bond donors (Lipinski definition) is 3. The molecule has 0 spiro atoms. The molecule has 1 amide bonds. The van der Waals surface area contributed by atoms with Gasteiger partial charge in [0.25, 0.3) is 0 Å². The van der Waals surface area contributed by atoms with Gasteiger partial charge in [-0.15, -0.1) is 0 Å². The van der Waals surface area contributed by atoms with Gasteiger partial charge in [-0.2, -0.15) is 0 Å². The molecule has 0 radical (unpaired) electrons. The molecule has 2 aromatic rings. The maximum Gasteiger partial charge on any atom is 0.220 e. The van der Waals surface area contributed by atoms with Crippen molar-refractivity contribution in [2.45, 2.75) is 88.8 Å². The third-order valence-corrected chi connectivity index (χ3v) is 7.68. The summed E-state index contributed by atoms with van der Waals surface area (Å²) in [6, 6.07) is 11.2. The summed E-state index contributed by atoms with van der Waals surface area (Å²) in [6.45, 7) is 2.41.